The summed E-state index contributed by atoms with van der Waals surface area (Å²) >= 11 is 6.62. The number of H-pyrrole nitrogens is 2. The van der Waals surface area contributed by atoms with Crippen LogP contribution >= 0.6 is 11.6 Å². The highest BCUT2D eigenvalue weighted by atomic mass is 35.5. The number of nitrogens with one attached hydrogen (secondary N) is 3. The maximum Gasteiger partial charge on any atom is 0.324 e. The van der Waals surface area contributed by atoms with Gasteiger partial charge in [-0.1, -0.05) is 17.7 Å². The summed E-state index contributed by atoms with van der Waals surface area (Å²) in [4.78, 5) is 12.4. The Morgan fingerprint density at radius 2 is 1.94 bits per heavy atom. The van der Waals surface area contributed by atoms with E-state index in [-0.39, 0.29) is 23.4 Å². The molecule has 4 heterocycles. The van der Waals surface area contributed by atoms with Gasteiger partial charge in [-0.15, -0.1) is 0 Å². The zero-order valence-electron chi connectivity index (χ0n) is 19.3. The van der Waals surface area contributed by atoms with Crippen molar-refractivity contribution in [3.05, 3.63) is 58.5 Å². The fraction of sp³-hybridized carbons (Fsp3) is 0.292. The van der Waals surface area contributed by atoms with E-state index in [1.807, 2.05) is 50.3 Å². The van der Waals surface area contributed by atoms with Crippen LogP contribution in [-0.2, 0) is 9.84 Å². The van der Waals surface area contributed by atoms with E-state index in [0.717, 1.165) is 22.3 Å². The molecule has 0 amide bonds. The van der Waals surface area contributed by atoms with Crippen LogP contribution in [0.1, 0.15) is 42.8 Å². The fourth-order valence-electron chi connectivity index (χ4n) is 4.21. The number of sulfone groups is 1. The number of rotatable bonds is 6. The highest BCUT2D eigenvalue weighted by molar-refractivity contribution is 7.91. The lowest BCUT2D eigenvalue weighted by molar-refractivity contribution is 0.436. The molecule has 1 saturated heterocycles. The van der Waals surface area contributed by atoms with Crippen molar-refractivity contribution in [1.29, 1.82) is 0 Å². The lowest BCUT2D eigenvalue weighted by Crippen LogP contribution is -2.23. The van der Waals surface area contributed by atoms with Crippen LogP contribution in [0.15, 0.2) is 36.4 Å². The summed E-state index contributed by atoms with van der Waals surface area (Å²) in [6.45, 7) is 3.89. The van der Waals surface area contributed by atoms with E-state index < -0.39 is 9.84 Å². The molecule has 0 radical (unpaired) electrons. The number of aromatic nitrogens is 5. The molecule has 1 aromatic carbocycles. The number of halogens is 1. The molecule has 3 aromatic heterocycles. The molecular formula is C24H25ClN6O3S. The van der Waals surface area contributed by atoms with Gasteiger partial charge in [0.1, 0.15) is 21.4 Å². The Kier molecular flexibility index (Phi) is 6.24. The van der Waals surface area contributed by atoms with E-state index in [0.29, 0.717) is 40.9 Å². The third kappa shape index (κ3) is 5.18. The molecule has 0 bridgehead atoms. The number of ether oxygens (including phenoxy) is 1. The molecule has 0 saturated carbocycles. The van der Waals surface area contributed by atoms with E-state index in [9.17, 15) is 8.42 Å². The van der Waals surface area contributed by atoms with E-state index in [2.05, 4.69) is 30.5 Å². The van der Waals surface area contributed by atoms with Crippen LogP contribution in [0.25, 0.3) is 17.0 Å². The monoisotopic (exact) mass is 512 g/mol. The van der Waals surface area contributed by atoms with Crippen molar-refractivity contribution in [2.24, 2.45) is 0 Å². The zero-order chi connectivity index (χ0) is 24.6. The molecule has 9 nitrogen and oxygen atoms in total. The molecule has 1 fully saturated rings. The smallest absolute Gasteiger partial charge is 0.324 e. The number of nitrogens with zero attached hydrogens (tertiary/aromatic N) is 3. The van der Waals surface area contributed by atoms with Crippen LogP contribution < -0.4 is 10.1 Å². The number of aromatic amines is 2. The minimum atomic E-state index is -3.00. The molecule has 0 unspecified atom stereocenters. The lowest BCUT2D eigenvalue weighted by Gasteiger charge is -2.22. The Balaban J connectivity index is 1.49. The van der Waals surface area contributed by atoms with E-state index in [1.165, 1.54) is 0 Å². The SMILES string of the molecule is C/C=C/c1cc(Nc2cc(C3CCS(=O)(=O)CC3)nc(Oc3ccc4[nH]c(C)cc4c3Cl)n2)n[nH]1. The summed E-state index contributed by atoms with van der Waals surface area (Å²) in [6.07, 6.45) is 4.82. The molecule has 0 spiro atoms. The second-order valence-electron chi connectivity index (χ2n) is 8.61. The maximum atomic E-state index is 11.9. The standard InChI is InChI=1S/C24H25ClN6O3S/c1-3-4-16-12-22(31-30-16)28-21-13-19(15-7-9-35(32,33)10-8-15)27-24(29-21)34-20-6-5-18-17(23(20)25)11-14(2)26-18/h3-6,11-13,15,26H,7-10H2,1-2H3,(H2,27,28,29,30,31)/b4-3+. The quantitative estimate of drug-likeness (QED) is 0.311. The van der Waals surface area contributed by atoms with Gasteiger partial charge in [0.2, 0.25) is 0 Å². The Hall–Kier alpha value is -3.37. The molecule has 182 valence electrons. The van der Waals surface area contributed by atoms with Gasteiger partial charge < -0.3 is 15.0 Å². The number of benzene rings is 1. The van der Waals surface area contributed by atoms with Crippen molar-refractivity contribution >= 4 is 50.1 Å². The first-order valence-electron chi connectivity index (χ1n) is 11.3. The van der Waals surface area contributed by atoms with Gasteiger partial charge in [0.05, 0.1) is 27.9 Å². The van der Waals surface area contributed by atoms with Gasteiger partial charge in [0, 0.05) is 34.6 Å². The Bertz CT molecular complexity index is 1510. The van der Waals surface area contributed by atoms with Crippen molar-refractivity contribution in [1.82, 2.24) is 25.1 Å². The first-order valence-corrected chi connectivity index (χ1v) is 13.5. The van der Waals surface area contributed by atoms with Gasteiger partial charge >= 0.3 is 6.01 Å². The van der Waals surface area contributed by atoms with Crippen LogP contribution in [0.5, 0.6) is 11.8 Å². The molecular weight excluding hydrogens is 488 g/mol. The van der Waals surface area contributed by atoms with E-state index in [1.54, 1.807) is 6.07 Å². The normalized spacial score (nSPS) is 16.2. The highest BCUT2D eigenvalue weighted by Crippen LogP contribution is 2.36. The number of anilines is 2. The summed E-state index contributed by atoms with van der Waals surface area (Å²) in [6, 6.07) is 9.42. The van der Waals surface area contributed by atoms with Gasteiger partial charge in [-0.3, -0.25) is 5.10 Å². The molecule has 35 heavy (non-hydrogen) atoms. The van der Waals surface area contributed by atoms with Crippen LogP contribution in [-0.4, -0.2) is 45.1 Å². The molecule has 4 aromatic rings. The summed E-state index contributed by atoms with van der Waals surface area (Å²) in [5.41, 5.74) is 3.47. The molecule has 0 aliphatic carbocycles. The second-order valence-corrected chi connectivity index (χ2v) is 11.3. The van der Waals surface area contributed by atoms with E-state index in [4.69, 9.17) is 16.3 Å². The van der Waals surface area contributed by atoms with Crippen molar-refractivity contribution in [3.8, 4) is 11.8 Å². The average Bonchev–Trinajstić information content (AvgIpc) is 3.42. The van der Waals surface area contributed by atoms with Crippen LogP contribution in [0, 0.1) is 6.92 Å². The number of fused-ring (bicyclic) bond motifs is 1. The Morgan fingerprint density at radius 3 is 2.71 bits per heavy atom. The highest BCUT2D eigenvalue weighted by Gasteiger charge is 2.27. The second kappa shape index (κ2) is 9.35. The number of hydrogen-bond acceptors (Lipinski definition) is 7. The van der Waals surface area contributed by atoms with Crippen molar-refractivity contribution in [2.75, 3.05) is 16.8 Å². The molecule has 5 rings (SSSR count). The minimum Gasteiger partial charge on any atom is -0.423 e. The zero-order valence-corrected chi connectivity index (χ0v) is 20.9. The predicted molar refractivity (Wildman–Crippen MR) is 137 cm³/mol. The van der Waals surface area contributed by atoms with Crippen LogP contribution in [0.4, 0.5) is 11.6 Å². The average molecular weight is 513 g/mol. The number of hydrogen-bond donors (Lipinski definition) is 3. The van der Waals surface area contributed by atoms with E-state index >= 15 is 0 Å². The van der Waals surface area contributed by atoms with Crippen molar-refractivity contribution < 1.29 is 13.2 Å². The minimum absolute atomic E-state index is 0.0209. The number of aryl methyl sites for hydroxylation is 1. The summed E-state index contributed by atoms with van der Waals surface area (Å²) < 4.78 is 29.9. The van der Waals surface area contributed by atoms with Gasteiger partial charge in [-0.2, -0.15) is 15.1 Å². The molecule has 11 heteroatoms. The van der Waals surface area contributed by atoms with Gasteiger partial charge in [0.25, 0.3) is 0 Å². The molecule has 1 aliphatic heterocycles. The third-order valence-electron chi connectivity index (χ3n) is 5.94. The Labute approximate surface area is 207 Å². The molecule has 3 N–H and O–H groups in total. The summed E-state index contributed by atoms with van der Waals surface area (Å²) in [7, 11) is -3.00. The van der Waals surface area contributed by atoms with Crippen molar-refractivity contribution in [2.45, 2.75) is 32.6 Å². The molecule has 1 aliphatic rings. The van der Waals surface area contributed by atoms with Crippen LogP contribution in [0.2, 0.25) is 5.02 Å². The maximum absolute atomic E-state index is 11.9. The largest absolute Gasteiger partial charge is 0.423 e. The predicted octanol–water partition coefficient (Wildman–Crippen LogP) is 5.50. The van der Waals surface area contributed by atoms with Gasteiger partial charge in [-0.05, 0) is 51.0 Å². The number of allylic oxidation sites excluding steroid dienone is 1. The topological polar surface area (TPSA) is 126 Å². The van der Waals surface area contributed by atoms with Crippen molar-refractivity contribution in [3.63, 3.8) is 0 Å². The lowest BCUT2D eigenvalue weighted by atomic mass is 9.98. The third-order valence-corrected chi connectivity index (χ3v) is 8.04. The summed E-state index contributed by atoms with van der Waals surface area (Å²) in [5.74, 6) is 1.77. The first kappa shape index (κ1) is 23.4. The fourth-order valence-corrected chi connectivity index (χ4v) is 5.96. The van der Waals surface area contributed by atoms with Crippen LogP contribution in [0.3, 0.4) is 0 Å². The van der Waals surface area contributed by atoms with Gasteiger partial charge in [0.15, 0.2) is 5.82 Å². The van der Waals surface area contributed by atoms with Gasteiger partial charge in [-0.25, -0.2) is 8.42 Å². The summed E-state index contributed by atoms with van der Waals surface area (Å²) in [5, 5.41) is 11.7. The Morgan fingerprint density at radius 1 is 1.14 bits per heavy atom. The first-order chi connectivity index (χ1) is 16.8. The molecule has 0 atom stereocenters.